The summed E-state index contributed by atoms with van der Waals surface area (Å²) < 4.78 is 7.83. The number of ketones is 1. The van der Waals surface area contributed by atoms with E-state index in [0.717, 1.165) is 17.3 Å². The number of hydrogen-bond acceptors (Lipinski definition) is 5. The molecule has 0 saturated carbocycles. The van der Waals surface area contributed by atoms with Crippen LogP contribution in [-0.2, 0) is 6.42 Å². The molecule has 0 aliphatic heterocycles. The number of aromatic nitrogens is 3. The van der Waals surface area contributed by atoms with E-state index in [-0.39, 0.29) is 12.2 Å². The number of rotatable bonds is 3. The minimum atomic E-state index is -0.0219. The second-order valence-electron chi connectivity index (χ2n) is 3.22. The predicted molar refractivity (Wildman–Crippen MR) is 56.9 cm³/mol. The Hall–Kier alpha value is -1.62. The topological polar surface area (TPSA) is 55.7 Å². The molecule has 2 aromatic heterocycles. The highest BCUT2D eigenvalue weighted by atomic mass is 32.1. The van der Waals surface area contributed by atoms with Crippen LogP contribution >= 0.6 is 11.7 Å². The Labute approximate surface area is 91.3 Å². The van der Waals surface area contributed by atoms with E-state index in [0.29, 0.717) is 11.4 Å². The van der Waals surface area contributed by atoms with Gasteiger partial charge in [0.15, 0.2) is 5.78 Å². The minimum Gasteiger partial charge on any atom is -0.292 e. The number of Topliss-reactive ketones (excluding diaryl/α,β-unsaturated/α-hetero) is 1. The average molecular weight is 219 g/mol. The molecule has 0 radical (unpaired) electrons. The first-order valence-corrected chi connectivity index (χ1v) is 5.21. The van der Waals surface area contributed by atoms with Crippen molar-refractivity contribution in [1.82, 2.24) is 13.7 Å². The molecule has 0 aromatic carbocycles. The normalized spacial score (nSPS) is 10.2. The lowest BCUT2D eigenvalue weighted by atomic mass is 10.1. The van der Waals surface area contributed by atoms with Crippen molar-refractivity contribution in [3.63, 3.8) is 0 Å². The van der Waals surface area contributed by atoms with Crippen LogP contribution in [0.2, 0.25) is 0 Å². The number of hydrogen-bond donors (Lipinski definition) is 0. The molecule has 2 heterocycles. The van der Waals surface area contributed by atoms with Crippen LogP contribution in [0.15, 0.2) is 24.5 Å². The van der Waals surface area contributed by atoms with Gasteiger partial charge < -0.3 is 0 Å². The van der Waals surface area contributed by atoms with Gasteiger partial charge in [0.25, 0.3) is 0 Å². The SMILES string of the molecule is Cc1ccnc(C(=O)Cc2cnsn2)c1. The molecule has 0 aliphatic rings. The number of nitrogens with zero attached hydrogens (tertiary/aromatic N) is 3. The fourth-order valence-electron chi connectivity index (χ4n) is 1.21. The monoisotopic (exact) mass is 219 g/mol. The van der Waals surface area contributed by atoms with E-state index in [1.54, 1.807) is 18.5 Å². The number of carbonyl (C=O) groups is 1. The molecule has 0 N–H and O–H groups in total. The van der Waals surface area contributed by atoms with Crippen molar-refractivity contribution in [2.75, 3.05) is 0 Å². The maximum absolute atomic E-state index is 11.7. The van der Waals surface area contributed by atoms with Crippen molar-refractivity contribution in [1.29, 1.82) is 0 Å². The highest BCUT2D eigenvalue weighted by molar-refractivity contribution is 6.99. The molecule has 0 aliphatic carbocycles. The molecule has 5 heteroatoms. The summed E-state index contributed by atoms with van der Waals surface area (Å²) in [5, 5.41) is 0. The third-order valence-corrected chi connectivity index (χ3v) is 2.47. The van der Waals surface area contributed by atoms with E-state index in [2.05, 4.69) is 13.7 Å². The van der Waals surface area contributed by atoms with Crippen molar-refractivity contribution < 1.29 is 4.79 Å². The summed E-state index contributed by atoms with van der Waals surface area (Å²) in [6, 6.07) is 3.64. The van der Waals surface area contributed by atoms with Gasteiger partial charge in [-0.25, -0.2) is 0 Å². The van der Waals surface area contributed by atoms with Gasteiger partial charge in [-0.2, -0.15) is 8.75 Å². The maximum atomic E-state index is 11.7. The molecular weight excluding hydrogens is 210 g/mol. The van der Waals surface area contributed by atoms with Gasteiger partial charge in [0.2, 0.25) is 0 Å². The summed E-state index contributed by atoms with van der Waals surface area (Å²) in [6.07, 6.45) is 3.52. The number of aryl methyl sites for hydroxylation is 1. The lowest BCUT2D eigenvalue weighted by Gasteiger charge is -1.98. The summed E-state index contributed by atoms with van der Waals surface area (Å²) in [5.74, 6) is -0.0219. The second kappa shape index (κ2) is 4.27. The van der Waals surface area contributed by atoms with Crippen LogP contribution in [0.1, 0.15) is 21.7 Å². The van der Waals surface area contributed by atoms with E-state index < -0.39 is 0 Å². The molecule has 0 bridgehead atoms. The van der Waals surface area contributed by atoms with Gasteiger partial charge in [-0.05, 0) is 24.6 Å². The molecule has 2 rings (SSSR count). The van der Waals surface area contributed by atoms with Crippen LogP contribution in [0, 0.1) is 6.92 Å². The second-order valence-corrected chi connectivity index (χ2v) is 3.77. The first kappa shape index (κ1) is 9.92. The van der Waals surface area contributed by atoms with E-state index in [1.807, 2.05) is 13.0 Å². The Morgan fingerprint density at radius 2 is 2.40 bits per heavy atom. The average Bonchev–Trinajstić information content (AvgIpc) is 2.70. The third kappa shape index (κ3) is 2.44. The fraction of sp³-hybridized carbons (Fsp3) is 0.200. The zero-order valence-corrected chi connectivity index (χ0v) is 8.99. The van der Waals surface area contributed by atoms with Crippen LogP contribution in [0.5, 0.6) is 0 Å². The Morgan fingerprint density at radius 1 is 1.53 bits per heavy atom. The van der Waals surface area contributed by atoms with Crippen molar-refractivity contribution in [2.24, 2.45) is 0 Å². The van der Waals surface area contributed by atoms with Crippen molar-refractivity contribution in [3.05, 3.63) is 41.5 Å². The fourth-order valence-corrected chi connectivity index (χ4v) is 1.64. The molecular formula is C10H9N3OS. The molecule has 2 aromatic rings. The summed E-state index contributed by atoms with van der Waals surface area (Å²) >= 11 is 1.11. The van der Waals surface area contributed by atoms with Gasteiger partial charge in [-0.3, -0.25) is 9.78 Å². The smallest absolute Gasteiger partial charge is 0.187 e. The Morgan fingerprint density at radius 3 is 3.07 bits per heavy atom. The molecule has 0 fully saturated rings. The number of pyridine rings is 1. The lowest BCUT2D eigenvalue weighted by molar-refractivity contribution is 0.0987. The summed E-state index contributed by atoms with van der Waals surface area (Å²) in [5.41, 5.74) is 2.22. The minimum absolute atomic E-state index is 0.0219. The predicted octanol–water partition coefficient (Wildman–Crippen LogP) is 1.67. The van der Waals surface area contributed by atoms with Crippen LogP contribution < -0.4 is 0 Å². The van der Waals surface area contributed by atoms with Crippen LogP contribution in [0.25, 0.3) is 0 Å². The molecule has 0 atom stereocenters. The molecule has 0 amide bonds. The first-order valence-electron chi connectivity index (χ1n) is 4.48. The largest absolute Gasteiger partial charge is 0.292 e. The first-order chi connectivity index (χ1) is 7.25. The standard InChI is InChI=1S/C10H9N3OS/c1-7-2-3-11-9(4-7)10(14)5-8-6-12-15-13-8/h2-4,6H,5H2,1H3. The van der Waals surface area contributed by atoms with Crippen LogP contribution in [0.4, 0.5) is 0 Å². The molecule has 76 valence electrons. The molecule has 0 spiro atoms. The van der Waals surface area contributed by atoms with E-state index >= 15 is 0 Å². The van der Waals surface area contributed by atoms with E-state index in [4.69, 9.17) is 0 Å². The Balaban J connectivity index is 2.15. The van der Waals surface area contributed by atoms with Gasteiger partial charge in [-0.1, -0.05) is 0 Å². The van der Waals surface area contributed by atoms with Crippen LogP contribution in [0.3, 0.4) is 0 Å². The van der Waals surface area contributed by atoms with Gasteiger partial charge in [0, 0.05) is 6.20 Å². The Bertz CT molecular complexity index is 467. The zero-order chi connectivity index (χ0) is 10.7. The molecule has 15 heavy (non-hydrogen) atoms. The van der Waals surface area contributed by atoms with E-state index in [9.17, 15) is 4.79 Å². The summed E-state index contributed by atoms with van der Waals surface area (Å²) in [4.78, 5) is 15.8. The lowest BCUT2D eigenvalue weighted by Crippen LogP contribution is -2.06. The van der Waals surface area contributed by atoms with E-state index in [1.165, 1.54) is 0 Å². The van der Waals surface area contributed by atoms with Crippen molar-refractivity contribution >= 4 is 17.5 Å². The Kier molecular flexibility index (Phi) is 2.82. The zero-order valence-electron chi connectivity index (χ0n) is 8.17. The number of carbonyl (C=O) groups excluding carboxylic acids is 1. The molecule has 0 saturated heterocycles. The van der Waals surface area contributed by atoms with Crippen molar-refractivity contribution in [2.45, 2.75) is 13.3 Å². The van der Waals surface area contributed by atoms with Crippen molar-refractivity contribution in [3.8, 4) is 0 Å². The van der Waals surface area contributed by atoms with Gasteiger partial charge in [-0.15, -0.1) is 0 Å². The molecule has 4 nitrogen and oxygen atoms in total. The summed E-state index contributed by atoms with van der Waals surface area (Å²) in [7, 11) is 0. The van der Waals surface area contributed by atoms with Gasteiger partial charge in [0.1, 0.15) is 5.69 Å². The van der Waals surface area contributed by atoms with Gasteiger partial charge >= 0.3 is 0 Å². The third-order valence-electron chi connectivity index (χ3n) is 1.95. The maximum Gasteiger partial charge on any atom is 0.187 e. The highest BCUT2D eigenvalue weighted by Crippen LogP contribution is 2.05. The quantitative estimate of drug-likeness (QED) is 0.737. The van der Waals surface area contributed by atoms with Gasteiger partial charge in [0.05, 0.1) is 30.0 Å². The molecule has 0 unspecified atom stereocenters. The summed E-state index contributed by atoms with van der Waals surface area (Å²) in [6.45, 7) is 1.93. The highest BCUT2D eigenvalue weighted by Gasteiger charge is 2.09. The van der Waals surface area contributed by atoms with Crippen LogP contribution in [-0.4, -0.2) is 19.5 Å².